The molecule has 0 spiro atoms. The summed E-state index contributed by atoms with van der Waals surface area (Å²) in [5, 5.41) is 8.64. The van der Waals surface area contributed by atoms with Crippen molar-refractivity contribution in [2.75, 3.05) is 46.8 Å². The van der Waals surface area contributed by atoms with E-state index in [1.54, 1.807) is 19.2 Å². The van der Waals surface area contributed by atoms with Crippen LogP contribution in [0.5, 0.6) is 0 Å². The van der Waals surface area contributed by atoms with Crippen LogP contribution in [0, 0.1) is 17.1 Å². The van der Waals surface area contributed by atoms with Gasteiger partial charge in [0.2, 0.25) is 0 Å². The second-order valence-electron chi connectivity index (χ2n) is 4.19. The van der Waals surface area contributed by atoms with Crippen LogP contribution in [0.15, 0.2) is 18.2 Å². The van der Waals surface area contributed by atoms with E-state index in [9.17, 15) is 4.39 Å². The molecule has 0 aliphatic heterocycles. The molecule has 0 N–H and O–H groups in total. The Labute approximate surface area is 124 Å². The summed E-state index contributed by atoms with van der Waals surface area (Å²) in [5.74, 6) is -0.429. The summed E-state index contributed by atoms with van der Waals surface area (Å²) in [4.78, 5) is 0. The molecule has 0 aliphatic carbocycles. The minimum Gasteiger partial charge on any atom is -0.382 e. The first-order valence-corrected chi connectivity index (χ1v) is 6.68. The third-order valence-corrected chi connectivity index (χ3v) is 2.62. The Kier molecular flexibility index (Phi) is 9.33. The van der Waals surface area contributed by atoms with Crippen molar-refractivity contribution >= 4 is 0 Å². The average Bonchev–Trinajstić information content (AvgIpc) is 2.50. The molecule has 0 amide bonds. The molecule has 5 nitrogen and oxygen atoms in total. The van der Waals surface area contributed by atoms with E-state index in [1.807, 2.05) is 6.07 Å². The Morgan fingerprint density at radius 1 is 1.00 bits per heavy atom. The molecule has 0 saturated heterocycles. The van der Waals surface area contributed by atoms with Gasteiger partial charge < -0.3 is 18.9 Å². The Morgan fingerprint density at radius 2 is 1.62 bits per heavy atom. The minimum atomic E-state index is -0.429. The van der Waals surface area contributed by atoms with Gasteiger partial charge in [0.05, 0.1) is 57.9 Å². The molecule has 0 fully saturated rings. The van der Waals surface area contributed by atoms with Gasteiger partial charge in [0, 0.05) is 12.7 Å². The van der Waals surface area contributed by atoms with E-state index in [0.29, 0.717) is 50.8 Å². The first-order valence-electron chi connectivity index (χ1n) is 6.68. The van der Waals surface area contributed by atoms with Crippen molar-refractivity contribution in [3.63, 3.8) is 0 Å². The zero-order valence-corrected chi connectivity index (χ0v) is 12.1. The van der Waals surface area contributed by atoms with Crippen molar-refractivity contribution in [3.8, 4) is 6.07 Å². The monoisotopic (exact) mass is 297 g/mol. The predicted octanol–water partition coefficient (Wildman–Crippen LogP) is 1.89. The van der Waals surface area contributed by atoms with Gasteiger partial charge in [-0.1, -0.05) is 6.07 Å². The van der Waals surface area contributed by atoms with Gasteiger partial charge in [0.15, 0.2) is 0 Å². The summed E-state index contributed by atoms with van der Waals surface area (Å²) >= 11 is 0. The second kappa shape index (κ2) is 11.2. The molecule has 1 aromatic rings. The molecule has 0 atom stereocenters. The fourth-order valence-corrected chi connectivity index (χ4v) is 1.50. The van der Waals surface area contributed by atoms with Gasteiger partial charge in [-0.2, -0.15) is 5.26 Å². The topological polar surface area (TPSA) is 60.7 Å². The Bertz CT molecular complexity index is 448. The zero-order valence-electron chi connectivity index (χ0n) is 12.1. The largest absolute Gasteiger partial charge is 0.382 e. The third-order valence-electron chi connectivity index (χ3n) is 2.62. The van der Waals surface area contributed by atoms with E-state index < -0.39 is 5.82 Å². The molecule has 0 heterocycles. The molecule has 0 bridgehead atoms. The predicted molar refractivity (Wildman–Crippen MR) is 74.3 cm³/mol. The van der Waals surface area contributed by atoms with Gasteiger partial charge in [-0.05, 0) is 12.1 Å². The van der Waals surface area contributed by atoms with Crippen LogP contribution >= 0.6 is 0 Å². The number of hydrogen-bond donors (Lipinski definition) is 0. The van der Waals surface area contributed by atoms with Crippen LogP contribution in [0.1, 0.15) is 11.1 Å². The van der Waals surface area contributed by atoms with Crippen LogP contribution in [-0.4, -0.2) is 46.8 Å². The molecule has 1 aromatic carbocycles. The van der Waals surface area contributed by atoms with Crippen LogP contribution in [0.3, 0.4) is 0 Å². The third kappa shape index (κ3) is 7.73. The maximum atomic E-state index is 13.5. The maximum absolute atomic E-state index is 13.5. The van der Waals surface area contributed by atoms with Crippen molar-refractivity contribution in [1.82, 2.24) is 0 Å². The van der Waals surface area contributed by atoms with Gasteiger partial charge in [0.1, 0.15) is 5.82 Å². The van der Waals surface area contributed by atoms with Crippen LogP contribution < -0.4 is 0 Å². The number of rotatable bonds is 11. The second-order valence-corrected chi connectivity index (χ2v) is 4.19. The molecule has 0 radical (unpaired) electrons. The molecular weight excluding hydrogens is 277 g/mol. The van der Waals surface area contributed by atoms with E-state index in [1.165, 1.54) is 6.07 Å². The van der Waals surface area contributed by atoms with Gasteiger partial charge in [-0.3, -0.25) is 0 Å². The van der Waals surface area contributed by atoms with Crippen molar-refractivity contribution in [2.24, 2.45) is 0 Å². The van der Waals surface area contributed by atoms with E-state index in [4.69, 9.17) is 24.2 Å². The molecule has 0 saturated carbocycles. The standard InChI is InChI=1S/C15H20FNO4/c1-18-4-5-19-6-7-20-8-9-21-12-14-3-2-13(11-17)10-15(14)16/h2-3,10H,4-9,12H2,1H3. The van der Waals surface area contributed by atoms with Gasteiger partial charge in [-0.15, -0.1) is 0 Å². The van der Waals surface area contributed by atoms with E-state index in [0.717, 1.165) is 0 Å². The Balaban J connectivity index is 2.03. The highest BCUT2D eigenvalue weighted by atomic mass is 19.1. The van der Waals surface area contributed by atoms with Crippen molar-refractivity contribution < 1.29 is 23.3 Å². The first-order chi connectivity index (χ1) is 10.3. The van der Waals surface area contributed by atoms with Crippen molar-refractivity contribution in [2.45, 2.75) is 6.61 Å². The van der Waals surface area contributed by atoms with Gasteiger partial charge >= 0.3 is 0 Å². The fourth-order valence-electron chi connectivity index (χ4n) is 1.50. The number of nitriles is 1. The van der Waals surface area contributed by atoms with Crippen LogP contribution in [0.25, 0.3) is 0 Å². The molecule has 6 heteroatoms. The van der Waals surface area contributed by atoms with Crippen molar-refractivity contribution in [3.05, 3.63) is 35.1 Å². The van der Waals surface area contributed by atoms with Crippen LogP contribution in [0.4, 0.5) is 4.39 Å². The lowest BCUT2D eigenvalue weighted by Crippen LogP contribution is -2.11. The summed E-state index contributed by atoms with van der Waals surface area (Å²) in [6.45, 7) is 3.06. The van der Waals surface area contributed by atoms with E-state index in [-0.39, 0.29) is 6.61 Å². The van der Waals surface area contributed by atoms with Crippen LogP contribution in [0.2, 0.25) is 0 Å². The molecule has 21 heavy (non-hydrogen) atoms. The average molecular weight is 297 g/mol. The van der Waals surface area contributed by atoms with E-state index in [2.05, 4.69) is 0 Å². The number of ether oxygens (including phenoxy) is 4. The summed E-state index contributed by atoms with van der Waals surface area (Å²) in [6.07, 6.45) is 0. The highest BCUT2D eigenvalue weighted by Crippen LogP contribution is 2.10. The van der Waals surface area contributed by atoms with E-state index >= 15 is 0 Å². The molecular formula is C15H20FNO4. The lowest BCUT2D eigenvalue weighted by molar-refractivity contribution is 0.000551. The highest BCUT2D eigenvalue weighted by Gasteiger charge is 2.03. The normalized spacial score (nSPS) is 10.5. The molecule has 1 rings (SSSR count). The number of nitrogens with zero attached hydrogens (tertiary/aromatic N) is 1. The summed E-state index contributed by atoms with van der Waals surface area (Å²) in [6, 6.07) is 6.20. The fraction of sp³-hybridized carbons (Fsp3) is 0.533. The maximum Gasteiger partial charge on any atom is 0.130 e. The Morgan fingerprint density at radius 3 is 2.19 bits per heavy atom. The smallest absolute Gasteiger partial charge is 0.130 e. The lowest BCUT2D eigenvalue weighted by Gasteiger charge is -2.07. The lowest BCUT2D eigenvalue weighted by atomic mass is 10.1. The zero-order chi connectivity index (χ0) is 15.3. The SMILES string of the molecule is COCCOCCOCCOCc1ccc(C#N)cc1F. The molecule has 0 aromatic heterocycles. The summed E-state index contributed by atoms with van der Waals surface area (Å²) in [5.41, 5.74) is 0.727. The molecule has 116 valence electrons. The Hall–Kier alpha value is -1.52. The first kappa shape index (κ1) is 17.5. The van der Waals surface area contributed by atoms with Crippen LogP contribution in [-0.2, 0) is 25.6 Å². The summed E-state index contributed by atoms with van der Waals surface area (Å²) < 4.78 is 34.2. The highest BCUT2D eigenvalue weighted by molar-refractivity contribution is 5.32. The number of benzene rings is 1. The van der Waals surface area contributed by atoms with Gasteiger partial charge in [-0.25, -0.2) is 4.39 Å². The molecule has 0 aliphatic rings. The number of methoxy groups -OCH3 is 1. The summed E-state index contributed by atoms with van der Waals surface area (Å²) in [7, 11) is 1.62. The number of hydrogen-bond acceptors (Lipinski definition) is 5. The van der Waals surface area contributed by atoms with Gasteiger partial charge in [0.25, 0.3) is 0 Å². The minimum absolute atomic E-state index is 0.158. The number of halogens is 1. The quantitative estimate of drug-likeness (QED) is 0.584. The molecule has 0 unspecified atom stereocenters. The van der Waals surface area contributed by atoms with Crippen molar-refractivity contribution in [1.29, 1.82) is 5.26 Å².